The standard InChI is InChI=1S/C45H51N3/c1-7-12-34(29-45(5,6)38-19-22-44(48)41(28-38)35-14-9-8-10-15-35)23-31(4)39-26-33(17-20-42(39)46)24-32-13-11-16-37(25-32)40-27-36(30(2)3)18-21-43(40)47/h7-23,25-28,30-31H,24,29,46-48H2,1-6H3/b12-7-,34-23+. The number of benzene rings is 5. The summed E-state index contributed by atoms with van der Waals surface area (Å²) in [6.45, 7) is 13.4. The molecule has 0 aromatic heterocycles. The van der Waals surface area contributed by atoms with Gasteiger partial charge in [0.1, 0.15) is 0 Å². The second kappa shape index (κ2) is 14.8. The van der Waals surface area contributed by atoms with Gasteiger partial charge < -0.3 is 17.2 Å². The van der Waals surface area contributed by atoms with Crippen molar-refractivity contribution in [3.05, 3.63) is 161 Å². The predicted octanol–water partition coefficient (Wildman–Crippen LogP) is 11.5. The maximum atomic E-state index is 6.62. The molecule has 0 aliphatic carbocycles. The Kier molecular flexibility index (Phi) is 10.6. The average Bonchev–Trinajstić information content (AvgIpc) is 3.06. The Morgan fingerprint density at radius 1 is 0.667 bits per heavy atom. The molecule has 0 radical (unpaired) electrons. The fraction of sp³-hybridized carbons (Fsp3) is 0.244. The van der Waals surface area contributed by atoms with Crippen LogP contribution in [0.3, 0.4) is 0 Å². The smallest absolute Gasteiger partial charge is 0.0393 e. The van der Waals surface area contributed by atoms with Gasteiger partial charge in [-0.05, 0) is 100 Å². The number of nitrogens with two attached hydrogens (primary N) is 3. The van der Waals surface area contributed by atoms with Crippen molar-refractivity contribution >= 4 is 17.1 Å². The molecule has 6 N–H and O–H groups in total. The molecular formula is C45H51N3. The van der Waals surface area contributed by atoms with Crippen molar-refractivity contribution in [2.45, 2.75) is 71.6 Å². The van der Waals surface area contributed by atoms with Crippen molar-refractivity contribution in [1.82, 2.24) is 0 Å². The van der Waals surface area contributed by atoms with Crippen LogP contribution in [0.1, 0.15) is 87.6 Å². The van der Waals surface area contributed by atoms with E-state index >= 15 is 0 Å². The van der Waals surface area contributed by atoms with E-state index < -0.39 is 0 Å². The molecule has 1 unspecified atom stereocenters. The molecule has 0 aliphatic heterocycles. The second-order valence-corrected chi connectivity index (χ2v) is 14.1. The van der Waals surface area contributed by atoms with Crippen LogP contribution in [-0.2, 0) is 11.8 Å². The normalized spacial score (nSPS) is 12.9. The largest absolute Gasteiger partial charge is 0.398 e. The highest BCUT2D eigenvalue weighted by Gasteiger charge is 2.23. The topological polar surface area (TPSA) is 78.1 Å². The van der Waals surface area contributed by atoms with E-state index in [1.54, 1.807) is 0 Å². The highest BCUT2D eigenvalue weighted by molar-refractivity contribution is 5.78. The van der Waals surface area contributed by atoms with Crippen molar-refractivity contribution in [3.8, 4) is 22.3 Å². The first-order chi connectivity index (χ1) is 22.9. The number of allylic oxidation sites excluding steroid dienone is 4. The summed E-state index contributed by atoms with van der Waals surface area (Å²) in [5, 5.41) is 0. The van der Waals surface area contributed by atoms with Crippen LogP contribution >= 0.6 is 0 Å². The quantitative estimate of drug-likeness (QED) is 0.1000. The minimum atomic E-state index is -0.112. The van der Waals surface area contributed by atoms with E-state index in [4.69, 9.17) is 17.2 Å². The van der Waals surface area contributed by atoms with E-state index in [1.807, 2.05) is 18.2 Å². The Morgan fingerprint density at radius 3 is 2.02 bits per heavy atom. The molecule has 0 aliphatic rings. The molecule has 1 atom stereocenters. The van der Waals surface area contributed by atoms with Crippen molar-refractivity contribution in [2.75, 3.05) is 17.2 Å². The molecule has 5 rings (SSSR count). The predicted molar refractivity (Wildman–Crippen MR) is 209 cm³/mol. The average molecular weight is 634 g/mol. The Balaban J connectivity index is 1.39. The van der Waals surface area contributed by atoms with Crippen LogP contribution in [0.15, 0.2) is 133 Å². The van der Waals surface area contributed by atoms with E-state index in [-0.39, 0.29) is 11.3 Å². The van der Waals surface area contributed by atoms with E-state index in [0.29, 0.717) is 5.92 Å². The van der Waals surface area contributed by atoms with Crippen LogP contribution in [0.5, 0.6) is 0 Å². The second-order valence-electron chi connectivity index (χ2n) is 14.1. The van der Waals surface area contributed by atoms with E-state index in [1.165, 1.54) is 27.8 Å². The van der Waals surface area contributed by atoms with E-state index in [0.717, 1.165) is 57.7 Å². The van der Waals surface area contributed by atoms with Crippen LogP contribution in [0.2, 0.25) is 0 Å². The van der Waals surface area contributed by atoms with Crippen LogP contribution in [0, 0.1) is 0 Å². The summed E-state index contributed by atoms with van der Waals surface area (Å²) in [5.74, 6) is 0.588. The highest BCUT2D eigenvalue weighted by atomic mass is 14.6. The van der Waals surface area contributed by atoms with Crippen LogP contribution in [0.4, 0.5) is 17.1 Å². The molecule has 48 heavy (non-hydrogen) atoms. The van der Waals surface area contributed by atoms with Gasteiger partial charge in [-0.2, -0.15) is 0 Å². The van der Waals surface area contributed by atoms with Crippen molar-refractivity contribution in [1.29, 1.82) is 0 Å². The molecule has 0 saturated heterocycles. The minimum absolute atomic E-state index is 0.112. The molecule has 0 amide bonds. The van der Waals surface area contributed by atoms with Gasteiger partial charge in [0.2, 0.25) is 0 Å². The summed E-state index contributed by atoms with van der Waals surface area (Å²) in [6, 6.07) is 38.5. The fourth-order valence-corrected chi connectivity index (χ4v) is 6.65. The lowest BCUT2D eigenvalue weighted by Crippen LogP contribution is -2.18. The lowest BCUT2D eigenvalue weighted by atomic mass is 9.77. The van der Waals surface area contributed by atoms with Gasteiger partial charge in [0.25, 0.3) is 0 Å². The Morgan fingerprint density at radius 2 is 1.31 bits per heavy atom. The van der Waals surface area contributed by atoms with Crippen molar-refractivity contribution in [3.63, 3.8) is 0 Å². The molecular weight excluding hydrogens is 583 g/mol. The van der Waals surface area contributed by atoms with Gasteiger partial charge in [0.05, 0.1) is 0 Å². The molecule has 0 saturated carbocycles. The fourth-order valence-electron chi connectivity index (χ4n) is 6.65. The summed E-state index contributed by atoms with van der Waals surface area (Å²) in [6.07, 6.45) is 8.44. The molecule has 0 heterocycles. The first-order valence-corrected chi connectivity index (χ1v) is 17.1. The minimum Gasteiger partial charge on any atom is -0.398 e. The number of hydrogen-bond donors (Lipinski definition) is 3. The van der Waals surface area contributed by atoms with Gasteiger partial charge in [-0.3, -0.25) is 0 Å². The number of anilines is 3. The Bertz CT molecular complexity index is 1930. The molecule has 3 nitrogen and oxygen atoms in total. The third kappa shape index (κ3) is 8.09. The van der Waals surface area contributed by atoms with Gasteiger partial charge in [0.15, 0.2) is 0 Å². The van der Waals surface area contributed by atoms with Crippen LogP contribution in [-0.4, -0.2) is 0 Å². The third-order valence-electron chi connectivity index (χ3n) is 9.44. The zero-order valence-electron chi connectivity index (χ0n) is 29.4. The van der Waals surface area contributed by atoms with Gasteiger partial charge in [0, 0.05) is 34.1 Å². The molecule has 0 spiro atoms. The van der Waals surface area contributed by atoms with Crippen molar-refractivity contribution < 1.29 is 0 Å². The lowest BCUT2D eigenvalue weighted by molar-refractivity contribution is 0.523. The molecule has 0 fully saturated rings. The SMILES string of the molecule is C/C=C\C(=C/C(C)c1cc(Cc2cccc(-c3cc(C(C)C)ccc3N)c2)ccc1N)CC(C)(C)c1ccc(N)c(-c2ccccc2)c1. The first-order valence-electron chi connectivity index (χ1n) is 17.1. The number of nitrogen functional groups attached to an aromatic ring is 3. The Labute approximate surface area is 288 Å². The molecule has 0 bridgehead atoms. The number of rotatable bonds is 11. The van der Waals surface area contributed by atoms with Gasteiger partial charge in [-0.25, -0.2) is 0 Å². The summed E-state index contributed by atoms with van der Waals surface area (Å²) >= 11 is 0. The van der Waals surface area contributed by atoms with Crippen LogP contribution < -0.4 is 17.2 Å². The summed E-state index contributed by atoms with van der Waals surface area (Å²) < 4.78 is 0. The van der Waals surface area contributed by atoms with Gasteiger partial charge >= 0.3 is 0 Å². The maximum Gasteiger partial charge on any atom is 0.0393 e. The monoisotopic (exact) mass is 633 g/mol. The Hall–Kier alpha value is -5.02. The summed E-state index contributed by atoms with van der Waals surface area (Å²) in [7, 11) is 0. The summed E-state index contributed by atoms with van der Waals surface area (Å²) in [4.78, 5) is 0. The van der Waals surface area contributed by atoms with Crippen molar-refractivity contribution in [2.24, 2.45) is 0 Å². The van der Waals surface area contributed by atoms with Crippen LogP contribution in [0.25, 0.3) is 22.3 Å². The number of hydrogen-bond acceptors (Lipinski definition) is 3. The molecule has 3 heteroatoms. The van der Waals surface area contributed by atoms with E-state index in [9.17, 15) is 0 Å². The molecule has 5 aromatic carbocycles. The third-order valence-corrected chi connectivity index (χ3v) is 9.44. The van der Waals surface area contributed by atoms with Gasteiger partial charge in [-0.1, -0.05) is 137 Å². The summed E-state index contributed by atoms with van der Waals surface area (Å²) in [5.41, 5.74) is 33.7. The lowest BCUT2D eigenvalue weighted by Gasteiger charge is -2.28. The molecule has 5 aromatic rings. The van der Waals surface area contributed by atoms with Gasteiger partial charge in [-0.15, -0.1) is 0 Å². The zero-order valence-corrected chi connectivity index (χ0v) is 29.4. The maximum absolute atomic E-state index is 6.62. The van der Waals surface area contributed by atoms with E-state index in [2.05, 4.69) is 151 Å². The molecule has 246 valence electrons. The zero-order chi connectivity index (χ0) is 34.4. The highest BCUT2D eigenvalue weighted by Crippen LogP contribution is 2.37. The first kappa shape index (κ1) is 34.3.